The van der Waals surface area contributed by atoms with Crippen molar-refractivity contribution in [2.75, 3.05) is 0 Å². The van der Waals surface area contributed by atoms with Crippen LogP contribution in [0.5, 0.6) is 0 Å². The van der Waals surface area contributed by atoms with E-state index in [1.54, 1.807) is 0 Å². The highest BCUT2D eigenvalue weighted by Gasteiger charge is 2.18. The fourth-order valence-corrected chi connectivity index (χ4v) is 4.51. The standard InChI is InChI=1S/C28H29N7O/c1-4-5-10-27-29-25(26-16-19(2)15-20(3)35(26)36)18-34(27)17-21-11-13-22(14-12-21)23-8-6-7-9-24(23)28-30-32-33-31-28/h6-9,11-16,18H,4-5,10,17H2,1-3H3,(H,30,31,32,33). The minimum Gasteiger partial charge on any atom is -0.618 e. The molecule has 5 aromatic rings. The molecule has 0 amide bonds. The minimum absolute atomic E-state index is 0.572. The normalized spacial score (nSPS) is 11.2. The van der Waals surface area contributed by atoms with Crippen LogP contribution in [0, 0.1) is 19.1 Å². The van der Waals surface area contributed by atoms with Gasteiger partial charge in [0.1, 0.15) is 5.82 Å². The second-order valence-corrected chi connectivity index (χ2v) is 9.11. The van der Waals surface area contributed by atoms with Crippen LogP contribution in [0.2, 0.25) is 0 Å². The first-order chi connectivity index (χ1) is 17.5. The summed E-state index contributed by atoms with van der Waals surface area (Å²) in [5.74, 6) is 1.57. The summed E-state index contributed by atoms with van der Waals surface area (Å²) in [6, 6.07) is 20.3. The van der Waals surface area contributed by atoms with Crippen LogP contribution in [0.15, 0.2) is 66.9 Å². The molecule has 0 saturated carbocycles. The molecular weight excluding hydrogens is 450 g/mol. The first-order valence-electron chi connectivity index (χ1n) is 12.2. The van der Waals surface area contributed by atoms with Crippen molar-refractivity contribution in [2.45, 2.75) is 46.6 Å². The van der Waals surface area contributed by atoms with E-state index < -0.39 is 0 Å². The molecule has 0 saturated heterocycles. The summed E-state index contributed by atoms with van der Waals surface area (Å²) in [7, 11) is 0. The van der Waals surface area contributed by atoms with Crippen molar-refractivity contribution in [3.63, 3.8) is 0 Å². The van der Waals surface area contributed by atoms with Crippen molar-refractivity contribution >= 4 is 0 Å². The van der Waals surface area contributed by atoms with E-state index in [0.717, 1.165) is 57.6 Å². The van der Waals surface area contributed by atoms with E-state index in [4.69, 9.17) is 4.98 Å². The van der Waals surface area contributed by atoms with Crippen molar-refractivity contribution in [3.05, 3.63) is 94.7 Å². The zero-order valence-corrected chi connectivity index (χ0v) is 20.8. The third-order valence-corrected chi connectivity index (χ3v) is 6.35. The number of pyridine rings is 1. The predicted molar refractivity (Wildman–Crippen MR) is 139 cm³/mol. The van der Waals surface area contributed by atoms with Gasteiger partial charge in [-0.05, 0) is 40.8 Å². The highest BCUT2D eigenvalue weighted by molar-refractivity contribution is 5.80. The zero-order chi connectivity index (χ0) is 25.1. The summed E-state index contributed by atoms with van der Waals surface area (Å²) in [4.78, 5) is 4.88. The van der Waals surface area contributed by atoms with Crippen LogP contribution in [0.25, 0.3) is 33.9 Å². The fraction of sp³-hybridized carbons (Fsp3) is 0.250. The molecule has 0 bridgehead atoms. The van der Waals surface area contributed by atoms with E-state index in [2.05, 4.69) is 62.4 Å². The lowest BCUT2D eigenvalue weighted by atomic mass is 9.98. The number of tetrazole rings is 1. The molecule has 1 N–H and O–H groups in total. The van der Waals surface area contributed by atoms with Crippen molar-refractivity contribution < 1.29 is 4.73 Å². The monoisotopic (exact) mass is 479 g/mol. The van der Waals surface area contributed by atoms with Crippen LogP contribution in [0.4, 0.5) is 0 Å². The van der Waals surface area contributed by atoms with Crippen LogP contribution < -0.4 is 4.73 Å². The Bertz CT molecular complexity index is 1470. The predicted octanol–water partition coefficient (Wildman–Crippen LogP) is 5.04. The SMILES string of the molecule is CCCCc1nc(-c2cc(C)cc(C)[n+]2[O-])cn1Cc1ccc(-c2ccccc2-c2nn[nH]n2)cc1. The average molecular weight is 480 g/mol. The van der Waals surface area contributed by atoms with Crippen LogP contribution >= 0.6 is 0 Å². The number of rotatable bonds is 8. The third kappa shape index (κ3) is 4.75. The van der Waals surface area contributed by atoms with Gasteiger partial charge in [-0.2, -0.15) is 9.94 Å². The van der Waals surface area contributed by atoms with Gasteiger partial charge in [0.25, 0.3) is 0 Å². The smallest absolute Gasteiger partial charge is 0.244 e. The number of nitrogens with one attached hydrogen (secondary N) is 1. The van der Waals surface area contributed by atoms with Gasteiger partial charge in [-0.1, -0.05) is 61.9 Å². The number of imidazole rings is 1. The summed E-state index contributed by atoms with van der Waals surface area (Å²) in [6.45, 7) is 6.69. The van der Waals surface area contributed by atoms with Gasteiger partial charge in [0.15, 0.2) is 11.4 Å². The highest BCUT2D eigenvalue weighted by Crippen LogP contribution is 2.30. The topological polar surface area (TPSA) is 99.2 Å². The molecule has 3 aromatic heterocycles. The number of nitrogens with zero attached hydrogens (tertiary/aromatic N) is 6. The maximum absolute atomic E-state index is 12.8. The molecule has 0 spiro atoms. The minimum atomic E-state index is 0.572. The number of unbranched alkanes of at least 4 members (excludes halogenated alkanes) is 1. The lowest BCUT2D eigenvalue weighted by Gasteiger charge is -2.10. The summed E-state index contributed by atoms with van der Waals surface area (Å²) >= 11 is 0. The number of aromatic nitrogens is 7. The van der Waals surface area contributed by atoms with E-state index in [9.17, 15) is 5.21 Å². The number of H-pyrrole nitrogens is 1. The molecule has 0 radical (unpaired) electrons. The molecule has 0 aliphatic rings. The Morgan fingerprint density at radius 3 is 2.50 bits per heavy atom. The molecule has 0 aliphatic heterocycles. The van der Waals surface area contributed by atoms with Gasteiger partial charge < -0.3 is 9.77 Å². The van der Waals surface area contributed by atoms with Gasteiger partial charge in [-0.15, -0.1) is 10.2 Å². The molecule has 182 valence electrons. The van der Waals surface area contributed by atoms with Crippen LogP contribution in [0.3, 0.4) is 0 Å². The molecule has 8 nitrogen and oxygen atoms in total. The Morgan fingerprint density at radius 1 is 1.00 bits per heavy atom. The number of hydrogen-bond donors (Lipinski definition) is 1. The van der Waals surface area contributed by atoms with Gasteiger partial charge in [-0.3, -0.25) is 0 Å². The Labute approximate surface area is 210 Å². The van der Waals surface area contributed by atoms with E-state index >= 15 is 0 Å². The van der Waals surface area contributed by atoms with Gasteiger partial charge in [0, 0.05) is 43.8 Å². The summed E-state index contributed by atoms with van der Waals surface area (Å²) in [5.41, 5.74) is 7.26. The molecule has 0 atom stereocenters. The Hall–Kier alpha value is -4.33. The lowest BCUT2D eigenvalue weighted by molar-refractivity contribution is -0.600. The Morgan fingerprint density at radius 2 is 1.78 bits per heavy atom. The Balaban J connectivity index is 1.45. The molecule has 8 heteroatoms. The quantitative estimate of drug-likeness (QED) is 0.248. The molecular formula is C28H29N7O. The fourth-order valence-electron chi connectivity index (χ4n) is 4.51. The second kappa shape index (κ2) is 10.1. The highest BCUT2D eigenvalue weighted by atomic mass is 16.5. The first kappa shape index (κ1) is 23.4. The maximum Gasteiger partial charge on any atom is 0.244 e. The number of hydrogen-bond acceptors (Lipinski definition) is 5. The van der Waals surface area contributed by atoms with Crippen LogP contribution in [-0.4, -0.2) is 30.2 Å². The van der Waals surface area contributed by atoms with E-state index in [1.165, 1.54) is 0 Å². The van der Waals surface area contributed by atoms with E-state index in [1.807, 2.05) is 50.4 Å². The number of benzene rings is 2. The Kier molecular flexibility index (Phi) is 6.58. The van der Waals surface area contributed by atoms with Gasteiger partial charge in [0.2, 0.25) is 11.5 Å². The molecule has 0 unspecified atom stereocenters. The molecule has 5 rings (SSSR count). The van der Waals surface area contributed by atoms with Crippen molar-refractivity contribution in [1.29, 1.82) is 0 Å². The van der Waals surface area contributed by atoms with Gasteiger partial charge >= 0.3 is 0 Å². The summed E-state index contributed by atoms with van der Waals surface area (Å²) < 4.78 is 3.14. The van der Waals surface area contributed by atoms with Crippen molar-refractivity contribution in [1.82, 2.24) is 30.2 Å². The van der Waals surface area contributed by atoms with E-state index in [0.29, 0.717) is 29.5 Å². The second-order valence-electron chi connectivity index (χ2n) is 9.11. The molecule has 0 aliphatic carbocycles. The zero-order valence-electron chi connectivity index (χ0n) is 20.8. The van der Waals surface area contributed by atoms with Gasteiger partial charge in [-0.25, -0.2) is 4.98 Å². The first-order valence-corrected chi connectivity index (χ1v) is 12.2. The number of aromatic amines is 1. The third-order valence-electron chi connectivity index (χ3n) is 6.35. The molecule has 2 aromatic carbocycles. The van der Waals surface area contributed by atoms with Crippen LogP contribution in [0.1, 0.15) is 42.4 Å². The van der Waals surface area contributed by atoms with E-state index in [-0.39, 0.29) is 0 Å². The molecule has 36 heavy (non-hydrogen) atoms. The average Bonchev–Trinajstić information content (AvgIpc) is 3.56. The summed E-state index contributed by atoms with van der Waals surface area (Å²) in [6.07, 6.45) is 5.01. The molecule has 0 fully saturated rings. The molecule has 3 heterocycles. The van der Waals surface area contributed by atoms with Crippen molar-refractivity contribution in [3.8, 4) is 33.9 Å². The van der Waals surface area contributed by atoms with Gasteiger partial charge in [0.05, 0.1) is 0 Å². The largest absolute Gasteiger partial charge is 0.618 e. The van der Waals surface area contributed by atoms with Crippen LogP contribution in [-0.2, 0) is 13.0 Å². The lowest BCUT2D eigenvalue weighted by Crippen LogP contribution is -2.33. The summed E-state index contributed by atoms with van der Waals surface area (Å²) in [5, 5.41) is 27.3. The number of aryl methyl sites for hydroxylation is 3. The maximum atomic E-state index is 12.8. The van der Waals surface area contributed by atoms with Crippen molar-refractivity contribution in [2.24, 2.45) is 0 Å².